The molecule has 1 aliphatic rings. The lowest BCUT2D eigenvalue weighted by atomic mass is 10.2. The van der Waals surface area contributed by atoms with Crippen LogP contribution >= 0.6 is 0 Å². The van der Waals surface area contributed by atoms with Crippen LogP contribution < -0.4 is 16.4 Å². The molecule has 2 heterocycles. The van der Waals surface area contributed by atoms with Gasteiger partial charge in [-0.2, -0.15) is 9.97 Å². The molecule has 0 unspecified atom stereocenters. The quantitative estimate of drug-likeness (QED) is 0.515. The number of hydrogen-bond acceptors (Lipinski definition) is 8. The molecule has 0 radical (unpaired) electrons. The van der Waals surface area contributed by atoms with E-state index in [2.05, 4.69) is 20.6 Å². The van der Waals surface area contributed by atoms with E-state index in [1.807, 2.05) is 30.3 Å². The molecule has 1 saturated heterocycles. The van der Waals surface area contributed by atoms with E-state index >= 15 is 0 Å². The first-order valence-corrected chi connectivity index (χ1v) is 8.08. The molecule has 9 heteroatoms. The van der Waals surface area contributed by atoms with Crippen molar-refractivity contribution in [3.8, 4) is 0 Å². The van der Waals surface area contributed by atoms with Gasteiger partial charge in [-0.3, -0.25) is 10.1 Å². The number of nitro groups is 1. The third-order valence-electron chi connectivity index (χ3n) is 3.91. The summed E-state index contributed by atoms with van der Waals surface area (Å²) in [5.41, 5.74) is 6.49. The predicted octanol–water partition coefficient (Wildman–Crippen LogP) is 2.17. The van der Waals surface area contributed by atoms with Crippen molar-refractivity contribution in [1.29, 1.82) is 0 Å². The van der Waals surface area contributed by atoms with Gasteiger partial charge in [-0.15, -0.1) is 0 Å². The van der Waals surface area contributed by atoms with Crippen LogP contribution in [0.1, 0.15) is 18.4 Å². The Balaban J connectivity index is 1.75. The summed E-state index contributed by atoms with van der Waals surface area (Å²) in [4.78, 5) is 18.9. The molecule has 0 amide bonds. The average molecular weight is 344 g/mol. The highest BCUT2D eigenvalue weighted by Crippen LogP contribution is 2.29. The lowest BCUT2D eigenvalue weighted by Gasteiger charge is -2.13. The molecule has 0 saturated carbocycles. The van der Waals surface area contributed by atoms with Gasteiger partial charge in [0, 0.05) is 19.7 Å². The number of nitrogens with two attached hydrogens (primary N) is 1. The molecule has 2 aromatic rings. The van der Waals surface area contributed by atoms with E-state index < -0.39 is 4.92 Å². The summed E-state index contributed by atoms with van der Waals surface area (Å²) >= 11 is 0. The fourth-order valence-electron chi connectivity index (χ4n) is 2.65. The maximum atomic E-state index is 11.3. The van der Waals surface area contributed by atoms with Gasteiger partial charge >= 0.3 is 5.69 Å². The number of nitrogen functional groups attached to an aromatic ring is 1. The minimum absolute atomic E-state index is 0.0246. The van der Waals surface area contributed by atoms with E-state index in [1.54, 1.807) is 0 Å². The lowest BCUT2D eigenvalue weighted by Crippen LogP contribution is -2.20. The third-order valence-corrected chi connectivity index (χ3v) is 3.91. The zero-order chi connectivity index (χ0) is 17.6. The second-order valence-corrected chi connectivity index (χ2v) is 5.74. The Kier molecular flexibility index (Phi) is 5.24. The zero-order valence-electron chi connectivity index (χ0n) is 13.6. The van der Waals surface area contributed by atoms with Crippen LogP contribution in [-0.2, 0) is 11.3 Å². The van der Waals surface area contributed by atoms with Crippen molar-refractivity contribution in [1.82, 2.24) is 9.97 Å². The van der Waals surface area contributed by atoms with Crippen LogP contribution in [0.4, 0.5) is 23.3 Å². The highest BCUT2D eigenvalue weighted by molar-refractivity contribution is 5.69. The molecule has 1 atom stereocenters. The van der Waals surface area contributed by atoms with E-state index in [0.717, 1.165) is 18.4 Å². The van der Waals surface area contributed by atoms with Gasteiger partial charge in [0.15, 0.2) is 0 Å². The Morgan fingerprint density at radius 1 is 1.28 bits per heavy atom. The topological polar surface area (TPSA) is 128 Å². The van der Waals surface area contributed by atoms with Gasteiger partial charge in [-0.05, 0) is 18.4 Å². The molecule has 1 aromatic carbocycles. The minimum atomic E-state index is -0.575. The van der Waals surface area contributed by atoms with Crippen LogP contribution in [0.25, 0.3) is 0 Å². The summed E-state index contributed by atoms with van der Waals surface area (Å²) in [5, 5.41) is 17.3. The number of anilines is 3. The fourth-order valence-corrected chi connectivity index (χ4v) is 2.65. The van der Waals surface area contributed by atoms with Gasteiger partial charge in [0.05, 0.1) is 11.0 Å². The van der Waals surface area contributed by atoms with Gasteiger partial charge in [0.25, 0.3) is 0 Å². The highest BCUT2D eigenvalue weighted by atomic mass is 16.6. The van der Waals surface area contributed by atoms with Crippen LogP contribution in [0.2, 0.25) is 0 Å². The molecule has 3 rings (SSSR count). The van der Waals surface area contributed by atoms with E-state index in [1.165, 1.54) is 0 Å². The van der Waals surface area contributed by atoms with Crippen molar-refractivity contribution in [2.75, 3.05) is 29.5 Å². The van der Waals surface area contributed by atoms with Crippen molar-refractivity contribution < 1.29 is 9.66 Å². The summed E-state index contributed by atoms with van der Waals surface area (Å²) in [7, 11) is 0. The Morgan fingerprint density at radius 2 is 2.08 bits per heavy atom. The van der Waals surface area contributed by atoms with E-state index in [0.29, 0.717) is 19.7 Å². The van der Waals surface area contributed by atoms with Crippen LogP contribution in [0.3, 0.4) is 0 Å². The number of nitrogens with one attached hydrogen (secondary N) is 2. The SMILES string of the molecule is Nc1nc(NCc2ccccc2)nc(NC[C@@H]2CCCO2)c1[N+](=O)[O-]. The van der Waals surface area contributed by atoms with E-state index in [4.69, 9.17) is 10.5 Å². The molecule has 132 valence electrons. The molecule has 1 aromatic heterocycles. The summed E-state index contributed by atoms with van der Waals surface area (Å²) < 4.78 is 5.52. The van der Waals surface area contributed by atoms with Crippen molar-refractivity contribution in [2.45, 2.75) is 25.5 Å². The minimum Gasteiger partial charge on any atom is -0.378 e. The Hall–Kier alpha value is -2.94. The predicted molar refractivity (Wildman–Crippen MR) is 94.3 cm³/mol. The average Bonchev–Trinajstić information content (AvgIpc) is 3.12. The summed E-state index contributed by atoms with van der Waals surface area (Å²) in [6.45, 7) is 1.64. The van der Waals surface area contributed by atoms with Crippen molar-refractivity contribution >= 4 is 23.3 Å². The van der Waals surface area contributed by atoms with E-state index in [9.17, 15) is 10.1 Å². The molecule has 9 nitrogen and oxygen atoms in total. The Bertz CT molecular complexity index is 734. The van der Waals surface area contributed by atoms with E-state index in [-0.39, 0.29) is 29.4 Å². The number of aromatic nitrogens is 2. The second kappa shape index (κ2) is 7.75. The Morgan fingerprint density at radius 3 is 2.76 bits per heavy atom. The molecular weight excluding hydrogens is 324 g/mol. The number of benzene rings is 1. The monoisotopic (exact) mass is 344 g/mol. The maximum absolute atomic E-state index is 11.3. The number of hydrogen-bond donors (Lipinski definition) is 3. The molecular formula is C16H20N6O3. The summed E-state index contributed by atoms with van der Waals surface area (Å²) in [6, 6.07) is 9.70. The first kappa shape index (κ1) is 16.9. The summed E-state index contributed by atoms with van der Waals surface area (Å²) in [6.07, 6.45) is 1.93. The maximum Gasteiger partial charge on any atom is 0.353 e. The molecule has 0 spiro atoms. The molecule has 0 bridgehead atoms. The lowest BCUT2D eigenvalue weighted by molar-refractivity contribution is -0.383. The van der Waals surface area contributed by atoms with Crippen molar-refractivity contribution in [3.63, 3.8) is 0 Å². The Labute approximate surface area is 144 Å². The number of rotatable bonds is 7. The van der Waals surface area contributed by atoms with Crippen LogP contribution in [0.15, 0.2) is 30.3 Å². The molecule has 1 fully saturated rings. The zero-order valence-corrected chi connectivity index (χ0v) is 13.6. The first-order valence-electron chi connectivity index (χ1n) is 8.08. The smallest absolute Gasteiger partial charge is 0.353 e. The van der Waals surface area contributed by atoms with Gasteiger partial charge < -0.3 is 21.1 Å². The van der Waals surface area contributed by atoms with Gasteiger partial charge in [-0.1, -0.05) is 30.3 Å². The van der Waals surface area contributed by atoms with Crippen LogP contribution in [0.5, 0.6) is 0 Å². The number of nitrogens with zero attached hydrogens (tertiary/aromatic N) is 3. The van der Waals surface area contributed by atoms with Crippen molar-refractivity contribution in [2.24, 2.45) is 0 Å². The molecule has 1 aliphatic heterocycles. The first-order chi connectivity index (χ1) is 12.1. The molecule has 4 N–H and O–H groups in total. The van der Waals surface area contributed by atoms with Crippen LogP contribution in [-0.4, -0.2) is 34.1 Å². The number of ether oxygens (including phenoxy) is 1. The van der Waals surface area contributed by atoms with Gasteiger partial charge in [0.2, 0.25) is 17.6 Å². The van der Waals surface area contributed by atoms with Crippen molar-refractivity contribution in [3.05, 3.63) is 46.0 Å². The molecule has 25 heavy (non-hydrogen) atoms. The summed E-state index contributed by atoms with van der Waals surface area (Å²) in [5.74, 6) is 0.163. The largest absolute Gasteiger partial charge is 0.378 e. The van der Waals surface area contributed by atoms with Crippen LogP contribution in [0, 0.1) is 10.1 Å². The third kappa shape index (κ3) is 4.32. The standard InChI is InChI=1S/C16H20N6O3/c17-14-13(22(23)24)15(18-10-12-7-4-8-25-12)21-16(20-14)19-9-11-5-2-1-3-6-11/h1-3,5-6,12H,4,7-10H2,(H4,17,18,19,20,21)/t12-/m0/s1. The normalized spacial score (nSPS) is 16.6. The van der Waals surface area contributed by atoms with Gasteiger partial charge in [0.1, 0.15) is 0 Å². The fraction of sp³-hybridized carbons (Fsp3) is 0.375. The van der Waals surface area contributed by atoms with Gasteiger partial charge in [-0.25, -0.2) is 0 Å². The molecule has 0 aliphatic carbocycles. The highest BCUT2D eigenvalue weighted by Gasteiger charge is 2.24. The second-order valence-electron chi connectivity index (χ2n) is 5.74.